The number of nitrogen functional groups attached to an aromatic ring is 1. The molecule has 27 nitrogen and oxygen atoms in total. The van der Waals surface area contributed by atoms with Gasteiger partial charge >= 0.3 is 12.1 Å². The van der Waals surface area contributed by atoms with Crippen molar-refractivity contribution in [2.45, 2.75) is 117 Å². The molecule has 0 aliphatic carbocycles. The van der Waals surface area contributed by atoms with Crippen LogP contribution in [0.4, 0.5) is 32.7 Å². The molecular weight excluding hydrogens is 1280 g/mol. The largest absolute Gasteiger partial charge is 0.496 e. The molecule has 0 radical (unpaired) electrons. The molecule has 0 bridgehead atoms. The minimum atomic E-state index is -1.06. The Morgan fingerprint density at radius 2 is 1.39 bits per heavy atom. The first-order valence-electron chi connectivity index (χ1n) is 34.2. The fourth-order valence-corrected chi connectivity index (χ4v) is 11.3. The number of unbranched alkanes of at least 4 members (excludes halogenated alkanes) is 2. The molecule has 27 heteroatoms. The van der Waals surface area contributed by atoms with Gasteiger partial charge in [-0.05, 0) is 84.3 Å². The van der Waals surface area contributed by atoms with Crippen molar-refractivity contribution in [2.75, 3.05) is 121 Å². The number of likely N-dealkylation sites (tertiary alicyclic amines) is 1. The minimum absolute atomic E-state index is 0.00675. The lowest BCUT2D eigenvalue weighted by molar-refractivity contribution is -0.132. The van der Waals surface area contributed by atoms with E-state index in [9.17, 15) is 33.6 Å². The predicted octanol–water partition coefficient (Wildman–Crippen LogP) is 6.44. The molecule has 1 saturated heterocycles. The van der Waals surface area contributed by atoms with Crippen molar-refractivity contribution in [1.29, 1.82) is 0 Å². The third kappa shape index (κ3) is 23.7. The average Bonchev–Trinajstić information content (AvgIpc) is 1.55. The molecule has 10 N–H and O–H groups in total. The Kier molecular flexibility index (Phi) is 30.1. The molecule has 2 aliphatic rings. The van der Waals surface area contributed by atoms with Crippen LogP contribution in [0.5, 0.6) is 5.75 Å². The van der Waals surface area contributed by atoms with E-state index in [1.54, 1.807) is 62.1 Å². The maximum atomic E-state index is 13.8. The number of carbonyl (C=O) groups excluding carboxylic acids is 7. The van der Waals surface area contributed by atoms with Crippen molar-refractivity contribution in [3.05, 3.63) is 137 Å². The number of hydrogen-bond donors (Lipinski definition) is 8. The van der Waals surface area contributed by atoms with Gasteiger partial charge in [-0.15, -0.1) is 0 Å². The Hall–Kier alpha value is -9.85. The fourth-order valence-electron chi connectivity index (χ4n) is 11.3. The van der Waals surface area contributed by atoms with Crippen LogP contribution >= 0.6 is 0 Å². The third-order valence-corrected chi connectivity index (χ3v) is 16.9. The van der Waals surface area contributed by atoms with Crippen molar-refractivity contribution in [3.63, 3.8) is 0 Å². The van der Waals surface area contributed by atoms with E-state index < -0.39 is 41.9 Å². The highest BCUT2D eigenvalue weighted by Crippen LogP contribution is 2.30. The van der Waals surface area contributed by atoms with Crippen molar-refractivity contribution in [2.24, 2.45) is 11.7 Å². The summed E-state index contributed by atoms with van der Waals surface area (Å²) >= 11 is 0. The molecule has 4 heterocycles. The van der Waals surface area contributed by atoms with E-state index in [-0.39, 0.29) is 102 Å². The van der Waals surface area contributed by atoms with E-state index in [0.717, 1.165) is 76.1 Å². The Labute approximate surface area is 584 Å². The molecule has 2 aromatic heterocycles. The van der Waals surface area contributed by atoms with Crippen molar-refractivity contribution < 1.29 is 62.0 Å². The van der Waals surface area contributed by atoms with Gasteiger partial charge in [-0.2, -0.15) is 4.98 Å². The van der Waals surface area contributed by atoms with Gasteiger partial charge in [0.05, 0.1) is 90.3 Å². The first kappa shape index (κ1) is 75.9. The first-order chi connectivity index (χ1) is 48.5. The average molecular weight is 1380 g/mol. The molecule has 4 aromatic carbocycles. The number of ether oxygens (including phenoxy) is 6. The number of urea groups is 1. The summed E-state index contributed by atoms with van der Waals surface area (Å²) < 4.78 is 36.0. The van der Waals surface area contributed by atoms with Gasteiger partial charge in [0.1, 0.15) is 30.0 Å². The summed E-state index contributed by atoms with van der Waals surface area (Å²) in [6.45, 7) is 11.9. The van der Waals surface area contributed by atoms with Crippen LogP contribution in [0.2, 0.25) is 0 Å². The molecule has 8 amide bonds. The highest BCUT2D eigenvalue weighted by molar-refractivity contribution is 5.99. The molecule has 536 valence electrons. The summed E-state index contributed by atoms with van der Waals surface area (Å²) in [7, 11) is 3.39. The lowest BCUT2D eigenvalue weighted by Crippen LogP contribution is -2.59. The quantitative estimate of drug-likeness (QED) is 0.0151. The molecule has 0 saturated carbocycles. The Bertz CT molecular complexity index is 3760. The fraction of sp³-hybridized carbons (Fsp3) is 0.466. The van der Waals surface area contributed by atoms with Gasteiger partial charge in [0.15, 0.2) is 5.82 Å². The summed E-state index contributed by atoms with van der Waals surface area (Å²) in [5.41, 5.74) is 19.4. The number of likely N-dealkylation sites (N-methyl/N-ethyl adjacent to an activating group) is 1. The van der Waals surface area contributed by atoms with Crippen LogP contribution in [0.15, 0.2) is 103 Å². The number of carbonyl (C=O) groups is 7. The number of fused-ring (bicyclic) bond motifs is 3. The highest BCUT2D eigenvalue weighted by Gasteiger charge is 2.34. The number of benzene rings is 4. The second-order valence-corrected chi connectivity index (χ2v) is 24.8. The van der Waals surface area contributed by atoms with Crippen molar-refractivity contribution >= 4 is 75.8 Å². The molecule has 6 aromatic rings. The van der Waals surface area contributed by atoms with E-state index in [0.29, 0.717) is 82.6 Å². The number of aromatic nitrogens is 3. The van der Waals surface area contributed by atoms with E-state index in [2.05, 4.69) is 88.3 Å². The number of nitrogens with one attached hydrogen (secondary N) is 6. The number of anilines is 4. The molecule has 2 aliphatic heterocycles. The van der Waals surface area contributed by atoms with Gasteiger partial charge in [-0.1, -0.05) is 100 Å². The number of nitrogens with zero attached hydrogens (tertiary/aromatic N) is 6. The molecular formula is C73H96N14O13. The number of rotatable bonds is 41. The summed E-state index contributed by atoms with van der Waals surface area (Å²) in [6, 6.07) is 27.4. The van der Waals surface area contributed by atoms with Gasteiger partial charge in [0, 0.05) is 94.2 Å². The minimum Gasteiger partial charge on any atom is -0.496 e. The highest BCUT2D eigenvalue weighted by atomic mass is 16.6. The zero-order valence-electron chi connectivity index (χ0n) is 57.9. The maximum Gasteiger partial charge on any atom is 0.410 e. The zero-order valence-corrected chi connectivity index (χ0v) is 57.9. The Morgan fingerprint density at radius 3 is 2.11 bits per heavy atom. The summed E-state index contributed by atoms with van der Waals surface area (Å²) in [6.07, 6.45) is 5.26. The van der Waals surface area contributed by atoms with Crippen molar-refractivity contribution in [3.8, 4) is 17.6 Å². The number of hydrogen-bond acceptors (Lipinski definition) is 18. The smallest absolute Gasteiger partial charge is 0.410 e. The zero-order chi connectivity index (χ0) is 71.2. The summed E-state index contributed by atoms with van der Waals surface area (Å²) in [5.74, 6) is 5.80. The van der Waals surface area contributed by atoms with Gasteiger partial charge in [0.25, 0.3) is 0 Å². The number of primary amides is 1. The third-order valence-electron chi connectivity index (χ3n) is 16.9. The van der Waals surface area contributed by atoms with Gasteiger partial charge in [-0.25, -0.2) is 14.6 Å². The van der Waals surface area contributed by atoms with Crippen LogP contribution in [-0.2, 0) is 73.9 Å². The van der Waals surface area contributed by atoms with E-state index in [4.69, 9.17) is 39.9 Å². The molecule has 2 atom stereocenters. The topological polar surface area (TPSA) is 340 Å². The summed E-state index contributed by atoms with van der Waals surface area (Å²) in [5, 5.41) is 17.2. The van der Waals surface area contributed by atoms with Crippen LogP contribution in [0.1, 0.15) is 106 Å². The lowest BCUT2D eigenvalue weighted by atomic mass is 10.0. The van der Waals surface area contributed by atoms with Crippen LogP contribution < -0.4 is 53.0 Å². The molecule has 0 spiro atoms. The number of nitrogens with two attached hydrogens (primary N) is 2. The van der Waals surface area contributed by atoms with Gasteiger partial charge < -0.3 is 86.2 Å². The SMILES string of the molecule is CCCCCNc1nc(N)nc2ccn(Cc3ccc(CN4CC(N(C)C(=O)OCc5ccc(NC(=O)[C@H](CCCNC(N)=O)NC(=O)[C@@H](NC(=O)CCOCCOCCOCCOCCNC(=O)CCC(=O)N6Cc7ccccc7C#Cc7ccccc76)C(C)C)cc5)C4)cc3OC)c12. The number of amides is 8. The van der Waals surface area contributed by atoms with Crippen LogP contribution in [0.25, 0.3) is 11.0 Å². The standard InChI is InChI=1S/C73H96N14O13/c1-6-7-12-31-77-68-67-59(81-71(74)83-68)29-34-86(67)45-56-22-19-52(43-62(56)95-5)44-85-47-58(48-85)84(4)73(94)100-49-51-20-25-57(26-21-51)79-69(91)60(17-13-32-78-72(75)93)80-70(92)66(50(2)3)82-64(89)30-35-96-37-39-98-41-42-99-40-38-97-36-33-76-63(88)27-28-65(90)87-46-55-16-9-8-14-53(55)23-24-54-15-10-11-18-61(54)87/h8-11,14-16,18-22,25-26,29,34,43,50,58,60,66H,6-7,12-13,17,27-28,30-33,35-42,44-49H2,1-5H3,(H,76,88)(H,79,91)(H,80,92)(H,82,89)(H3,75,78,93)(H3,74,77,81,83)/t60-,66-/m0/s1. The number of methoxy groups -OCH3 is 1. The molecule has 8 rings (SSSR count). The lowest BCUT2D eigenvalue weighted by Gasteiger charge is -2.43. The second kappa shape index (κ2) is 39.7. The Morgan fingerprint density at radius 1 is 0.700 bits per heavy atom. The van der Waals surface area contributed by atoms with Gasteiger partial charge in [-0.3, -0.25) is 28.9 Å². The second-order valence-electron chi connectivity index (χ2n) is 24.8. The van der Waals surface area contributed by atoms with Crippen LogP contribution in [0, 0.1) is 17.8 Å². The normalized spacial score (nSPS) is 13.2. The first-order valence-corrected chi connectivity index (χ1v) is 34.2. The molecule has 1 fully saturated rings. The van der Waals surface area contributed by atoms with E-state index >= 15 is 0 Å². The summed E-state index contributed by atoms with van der Waals surface area (Å²) in [4.78, 5) is 106. The monoisotopic (exact) mass is 1380 g/mol. The van der Waals surface area contributed by atoms with Crippen LogP contribution in [0.3, 0.4) is 0 Å². The van der Waals surface area contributed by atoms with Crippen LogP contribution in [-0.4, -0.2) is 184 Å². The van der Waals surface area contributed by atoms with E-state index in [1.807, 2.05) is 60.8 Å². The molecule has 100 heavy (non-hydrogen) atoms. The Balaban J connectivity index is 0.667. The number of para-hydroxylation sites is 1. The molecule has 0 unspecified atom stereocenters. The van der Waals surface area contributed by atoms with E-state index in [1.165, 1.54) is 0 Å². The van der Waals surface area contributed by atoms with Gasteiger partial charge in [0.2, 0.25) is 35.5 Å². The maximum absolute atomic E-state index is 13.8. The van der Waals surface area contributed by atoms with Crippen molar-refractivity contribution in [1.82, 2.24) is 45.6 Å². The predicted molar refractivity (Wildman–Crippen MR) is 380 cm³/mol.